The van der Waals surface area contributed by atoms with Crippen LogP contribution in [0.25, 0.3) is 0 Å². The van der Waals surface area contributed by atoms with Gasteiger partial charge in [-0.25, -0.2) is 9.97 Å². The number of rotatable bonds is 6. The predicted octanol–water partition coefficient (Wildman–Crippen LogP) is 0.865. The lowest BCUT2D eigenvalue weighted by Crippen LogP contribution is -2.40. The quantitative estimate of drug-likeness (QED) is 0.798. The van der Waals surface area contributed by atoms with Crippen molar-refractivity contribution in [1.29, 1.82) is 0 Å². The highest BCUT2D eigenvalue weighted by Gasteiger charge is 2.25. The summed E-state index contributed by atoms with van der Waals surface area (Å²) in [7, 11) is 0. The molecule has 8 nitrogen and oxygen atoms in total. The molecule has 1 heterocycles. The molecule has 0 aliphatic rings. The molecule has 0 bridgehead atoms. The van der Waals surface area contributed by atoms with Gasteiger partial charge >= 0.3 is 11.9 Å². The molecule has 0 saturated carbocycles. The second-order valence-corrected chi connectivity index (χ2v) is 4.94. The maximum absolute atomic E-state index is 12.2. The van der Waals surface area contributed by atoms with Gasteiger partial charge < -0.3 is 15.1 Å². The minimum absolute atomic E-state index is 0.0647. The molecular weight excluding hydrogens is 302 g/mol. The molecule has 1 aromatic rings. The van der Waals surface area contributed by atoms with E-state index in [4.69, 9.17) is 21.8 Å². The molecule has 0 aromatic carbocycles. The molecule has 114 valence electrons. The average Bonchev–Trinajstić information content (AvgIpc) is 2.36. The third-order valence-electron chi connectivity index (χ3n) is 2.42. The van der Waals surface area contributed by atoms with Gasteiger partial charge in [0.2, 0.25) is 0 Å². The van der Waals surface area contributed by atoms with E-state index in [1.807, 2.05) is 13.8 Å². The molecule has 0 aliphatic heterocycles. The summed E-state index contributed by atoms with van der Waals surface area (Å²) in [4.78, 5) is 42.3. The monoisotopic (exact) mass is 315 g/mol. The van der Waals surface area contributed by atoms with Crippen molar-refractivity contribution < 1.29 is 24.6 Å². The Labute approximate surface area is 125 Å². The smallest absolute Gasteiger partial charge is 0.323 e. The lowest BCUT2D eigenvalue weighted by atomic mass is 10.2. The molecule has 0 spiro atoms. The van der Waals surface area contributed by atoms with Gasteiger partial charge in [-0.3, -0.25) is 14.4 Å². The van der Waals surface area contributed by atoms with E-state index in [2.05, 4.69) is 9.97 Å². The minimum atomic E-state index is -1.33. The highest BCUT2D eigenvalue weighted by atomic mass is 35.5. The van der Waals surface area contributed by atoms with Crippen molar-refractivity contribution in [3.05, 3.63) is 22.7 Å². The Morgan fingerprint density at radius 2 is 1.76 bits per heavy atom. The van der Waals surface area contributed by atoms with Crippen molar-refractivity contribution in [3.63, 3.8) is 0 Å². The van der Waals surface area contributed by atoms with Crippen LogP contribution in [0, 0.1) is 0 Å². The summed E-state index contributed by atoms with van der Waals surface area (Å²) in [6.45, 7) is 2.10. The number of aromatic nitrogens is 2. The van der Waals surface area contributed by atoms with Crippen LogP contribution < -0.4 is 0 Å². The van der Waals surface area contributed by atoms with Crippen molar-refractivity contribution in [1.82, 2.24) is 14.9 Å². The number of carbonyl (C=O) groups is 3. The fourth-order valence-electron chi connectivity index (χ4n) is 1.48. The number of hydrogen-bond donors (Lipinski definition) is 2. The van der Waals surface area contributed by atoms with Gasteiger partial charge in [-0.05, 0) is 0 Å². The van der Waals surface area contributed by atoms with Crippen molar-refractivity contribution >= 4 is 29.4 Å². The third-order valence-corrected chi connectivity index (χ3v) is 2.70. The molecule has 1 rings (SSSR count). The highest BCUT2D eigenvalue weighted by Crippen LogP contribution is 2.18. The summed E-state index contributed by atoms with van der Waals surface area (Å²) >= 11 is 5.85. The van der Waals surface area contributed by atoms with Crippen LogP contribution >= 0.6 is 11.6 Å². The fraction of sp³-hybridized carbons (Fsp3) is 0.417. The number of amides is 1. The Morgan fingerprint density at radius 3 is 2.19 bits per heavy atom. The number of hydrogen-bond acceptors (Lipinski definition) is 5. The Hall–Kier alpha value is -2.22. The lowest BCUT2D eigenvalue weighted by molar-refractivity contribution is -0.140. The predicted molar refractivity (Wildman–Crippen MR) is 72.3 cm³/mol. The van der Waals surface area contributed by atoms with Crippen LogP contribution in [0.3, 0.4) is 0 Å². The Balaban J connectivity index is 3.15. The van der Waals surface area contributed by atoms with E-state index in [0.29, 0.717) is 10.7 Å². The van der Waals surface area contributed by atoms with Crippen molar-refractivity contribution in [2.75, 3.05) is 13.1 Å². The number of aliphatic carboxylic acids is 2. The lowest BCUT2D eigenvalue weighted by Gasteiger charge is -2.18. The van der Waals surface area contributed by atoms with E-state index in [1.165, 1.54) is 6.20 Å². The van der Waals surface area contributed by atoms with Gasteiger partial charge in [0, 0.05) is 5.92 Å². The van der Waals surface area contributed by atoms with E-state index < -0.39 is 30.9 Å². The van der Waals surface area contributed by atoms with Gasteiger partial charge in [-0.1, -0.05) is 25.4 Å². The van der Waals surface area contributed by atoms with Crippen LogP contribution in [0.1, 0.15) is 36.1 Å². The second kappa shape index (κ2) is 6.98. The van der Waals surface area contributed by atoms with E-state index in [0.717, 1.165) is 0 Å². The molecular formula is C12H14ClN3O5. The van der Waals surface area contributed by atoms with Gasteiger partial charge in [-0.2, -0.15) is 0 Å². The summed E-state index contributed by atoms with van der Waals surface area (Å²) in [5.74, 6) is -3.25. The van der Waals surface area contributed by atoms with Crippen molar-refractivity contribution in [3.8, 4) is 0 Å². The normalized spacial score (nSPS) is 10.5. The van der Waals surface area contributed by atoms with Crippen molar-refractivity contribution in [2.45, 2.75) is 19.8 Å². The van der Waals surface area contributed by atoms with Crippen LogP contribution in [0.2, 0.25) is 5.02 Å². The minimum Gasteiger partial charge on any atom is -0.480 e. The first-order valence-corrected chi connectivity index (χ1v) is 6.35. The van der Waals surface area contributed by atoms with Gasteiger partial charge in [0.1, 0.15) is 18.9 Å². The highest BCUT2D eigenvalue weighted by molar-refractivity contribution is 6.33. The van der Waals surface area contributed by atoms with Crippen LogP contribution in [0.5, 0.6) is 0 Å². The Kier molecular flexibility index (Phi) is 5.60. The van der Waals surface area contributed by atoms with E-state index in [1.54, 1.807) is 0 Å². The number of halogens is 1. The van der Waals surface area contributed by atoms with Gasteiger partial charge in [0.25, 0.3) is 5.91 Å². The maximum atomic E-state index is 12.2. The molecule has 1 aromatic heterocycles. The molecule has 2 N–H and O–H groups in total. The first-order chi connectivity index (χ1) is 9.72. The standard InChI is InChI=1S/C12H14ClN3O5/c1-6(2)11-14-3-7(13)10(15-11)12(21)16(4-8(17)18)5-9(19)20/h3,6H,4-5H2,1-2H3,(H,17,18)(H,19,20). The van der Waals surface area contributed by atoms with Crippen molar-refractivity contribution in [2.24, 2.45) is 0 Å². The second-order valence-electron chi connectivity index (χ2n) is 4.53. The summed E-state index contributed by atoms with van der Waals surface area (Å²) in [5, 5.41) is 17.4. The number of carboxylic acids is 2. The third kappa shape index (κ3) is 4.67. The summed E-state index contributed by atoms with van der Waals surface area (Å²) < 4.78 is 0. The van der Waals surface area contributed by atoms with E-state index in [-0.39, 0.29) is 16.6 Å². The van der Waals surface area contributed by atoms with Crippen LogP contribution in [-0.4, -0.2) is 56.0 Å². The molecule has 0 radical (unpaired) electrons. The zero-order chi connectivity index (χ0) is 16.2. The number of carbonyl (C=O) groups excluding carboxylic acids is 1. The van der Waals surface area contributed by atoms with Crippen LogP contribution in [0.15, 0.2) is 6.20 Å². The fourth-order valence-corrected chi connectivity index (χ4v) is 1.66. The molecule has 0 unspecified atom stereocenters. The molecule has 0 atom stereocenters. The van der Waals surface area contributed by atoms with E-state index >= 15 is 0 Å². The summed E-state index contributed by atoms with van der Waals surface area (Å²) in [6, 6.07) is 0. The van der Waals surface area contributed by atoms with Crippen LogP contribution in [-0.2, 0) is 9.59 Å². The molecule has 1 amide bonds. The maximum Gasteiger partial charge on any atom is 0.323 e. The molecule has 9 heteroatoms. The van der Waals surface area contributed by atoms with Gasteiger partial charge in [-0.15, -0.1) is 0 Å². The number of nitrogens with zero attached hydrogens (tertiary/aromatic N) is 3. The Bertz CT molecular complexity index is 560. The summed E-state index contributed by atoms with van der Waals surface area (Å²) in [6.07, 6.45) is 1.23. The topological polar surface area (TPSA) is 121 Å². The largest absolute Gasteiger partial charge is 0.480 e. The summed E-state index contributed by atoms with van der Waals surface area (Å²) in [5.41, 5.74) is -0.210. The Morgan fingerprint density at radius 1 is 1.24 bits per heavy atom. The molecule has 0 fully saturated rings. The zero-order valence-corrected chi connectivity index (χ0v) is 12.2. The average molecular weight is 316 g/mol. The first kappa shape index (κ1) is 16.8. The van der Waals surface area contributed by atoms with Crippen LogP contribution in [0.4, 0.5) is 0 Å². The molecule has 0 aliphatic carbocycles. The molecule has 0 saturated heterocycles. The number of carboxylic acid groups (broad SMARTS) is 2. The van der Waals surface area contributed by atoms with Gasteiger partial charge in [0.15, 0.2) is 5.69 Å². The first-order valence-electron chi connectivity index (χ1n) is 5.97. The zero-order valence-electron chi connectivity index (χ0n) is 11.4. The van der Waals surface area contributed by atoms with E-state index in [9.17, 15) is 14.4 Å². The SMILES string of the molecule is CC(C)c1ncc(Cl)c(C(=O)N(CC(=O)O)CC(=O)O)n1. The van der Waals surface area contributed by atoms with Gasteiger partial charge in [0.05, 0.1) is 11.2 Å². The molecule has 21 heavy (non-hydrogen) atoms.